The van der Waals surface area contributed by atoms with Gasteiger partial charge in [-0.25, -0.2) is 0 Å². The van der Waals surface area contributed by atoms with Crippen LogP contribution in [-0.2, 0) is 6.54 Å². The van der Waals surface area contributed by atoms with E-state index in [4.69, 9.17) is 4.98 Å². The highest BCUT2D eigenvalue weighted by Crippen LogP contribution is 2.17. The Bertz CT molecular complexity index is 585. The third-order valence-corrected chi connectivity index (χ3v) is 4.36. The Balaban J connectivity index is 0.00000132. The van der Waals surface area contributed by atoms with Crippen LogP contribution in [-0.4, -0.2) is 35.6 Å². The highest BCUT2D eigenvalue weighted by molar-refractivity contribution is 5.85. The van der Waals surface area contributed by atoms with Gasteiger partial charge in [-0.3, -0.25) is 9.88 Å². The summed E-state index contributed by atoms with van der Waals surface area (Å²) in [7, 11) is 0. The van der Waals surface area contributed by atoms with Gasteiger partial charge in [-0.15, -0.1) is 24.8 Å². The molecule has 2 heterocycles. The molecule has 23 heavy (non-hydrogen) atoms. The highest BCUT2D eigenvalue weighted by atomic mass is 35.5. The predicted octanol–water partition coefficient (Wildman–Crippen LogP) is 4.04. The van der Waals surface area contributed by atoms with Crippen LogP contribution in [0.2, 0.25) is 0 Å². The monoisotopic (exact) mass is 355 g/mol. The molecule has 1 aliphatic rings. The lowest BCUT2D eigenvalue weighted by molar-refractivity contribution is 0.152. The number of nitrogens with zero attached hydrogens (tertiary/aromatic N) is 2. The van der Waals surface area contributed by atoms with Crippen LogP contribution in [0.15, 0.2) is 36.4 Å². The van der Waals surface area contributed by atoms with Gasteiger partial charge in [0.15, 0.2) is 0 Å². The summed E-state index contributed by atoms with van der Waals surface area (Å²) >= 11 is 0. The second-order valence-corrected chi connectivity index (χ2v) is 5.95. The summed E-state index contributed by atoms with van der Waals surface area (Å²) in [6.45, 7) is 6.70. The van der Waals surface area contributed by atoms with Crippen LogP contribution in [0.25, 0.3) is 10.9 Å². The van der Waals surface area contributed by atoms with Crippen LogP contribution in [0.4, 0.5) is 0 Å². The molecule has 0 saturated carbocycles. The maximum atomic E-state index is 4.83. The Morgan fingerprint density at radius 2 is 1.83 bits per heavy atom. The summed E-state index contributed by atoms with van der Waals surface area (Å²) in [6.07, 6.45) is 3.72. The molecule has 0 atom stereocenters. The average Bonchev–Trinajstić information content (AvgIpc) is 2.55. The normalized spacial score (nSPS) is 15.2. The first-order chi connectivity index (χ1) is 10.4. The number of hydrogen-bond donors (Lipinski definition) is 1. The largest absolute Gasteiger partial charge is 0.317 e. The van der Waals surface area contributed by atoms with Gasteiger partial charge < -0.3 is 5.32 Å². The molecule has 0 bridgehead atoms. The minimum Gasteiger partial charge on any atom is -0.317 e. The summed E-state index contributed by atoms with van der Waals surface area (Å²) in [5.74, 6) is 0. The molecule has 0 unspecified atom stereocenters. The van der Waals surface area contributed by atoms with Crippen LogP contribution in [0.3, 0.4) is 0 Å². The van der Waals surface area contributed by atoms with E-state index < -0.39 is 0 Å². The van der Waals surface area contributed by atoms with Gasteiger partial charge in [-0.05, 0) is 51.0 Å². The lowest BCUT2D eigenvalue weighted by atomic mass is 10.0. The first-order valence-electron chi connectivity index (χ1n) is 8.16. The van der Waals surface area contributed by atoms with Gasteiger partial charge in [0.1, 0.15) is 0 Å². The van der Waals surface area contributed by atoms with E-state index in [1.165, 1.54) is 36.9 Å². The van der Waals surface area contributed by atoms with Crippen molar-refractivity contribution in [1.82, 2.24) is 15.2 Å². The van der Waals surface area contributed by atoms with E-state index in [1.807, 2.05) is 0 Å². The lowest BCUT2D eigenvalue weighted by Crippen LogP contribution is -2.43. The first-order valence-corrected chi connectivity index (χ1v) is 8.16. The summed E-state index contributed by atoms with van der Waals surface area (Å²) < 4.78 is 0. The predicted molar refractivity (Wildman–Crippen MR) is 103 cm³/mol. The molecule has 0 amide bonds. The fourth-order valence-electron chi connectivity index (χ4n) is 3.25. The van der Waals surface area contributed by atoms with Gasteiger partial charge in [0.2, 0.25) is 0 Å². The SMILES string of the molecule is CCCN(Cc1ccc2ccccc2n1)C1CCNCC1.Cl.Cl. The van der Waals surface area contributed by atoms with Crippen molar-refractivity contribution in [3.63, 3.8) is 0 Å². The molecule has 2 aromatic rings. The maximum absolute atomic E-state index is 4.83. The summed E-state index contributed by atoms with van der Waals surface area (Å²) in [6, 6.07) is 13.5. The maximum Gasteiger partial charge on any atom is 0.0705 e. The second-order valence-electron chi connectivity index (χ2n) is 5.95. The van der Waals surface area contributed by atoms with Gasteiger partial charge >= 0.3 is 0 Å². The van der Waals surface area contributed by atoms with Crippen molar-refractivity contribution in [2.75, 3.05) is 19.6 Å². The number of piperidine rings is 1. The van der Waals surface area contributed by atoms with Crippen molar-refractivity contribution in [1.29, 1.82) is 0 Å². The van der Waals surface area contributed by atoms with Crippen molar-refractivity contribution >= 4 is 35.7 Å². The number of rotatable bonds is 5. The molecule has 0 radical (unpaired) electrons. The number of fused-ring (bicyclic) bond motifs is 1. The van der Waals surface area contributed by atoms with E-state index in [0.717, 1.165) is 25.2 Å². The first kappa shape index (κ1) is 20.2. The van der Waals surface area contributed by atoms with Gasteiger partial charge in [-0.1, -0.05) is 31.2 Å². The van der Waals surface area contributed by atoms with E-state index in [2.05, 4.69) is 53.5 Å². The molecule has 128 valence electrons. The van der Waals surface area contributed by atoms with Gasteiger partial charge in [-0.2, -0.15) is 0 Å². The highest BCUT2D eigenvalue weighted by Gasteiger charge is 2.20. The number of aromatic nitrogens is 1. The minimum absolute atomic E-state index is 0. The molecule has 1 saturated heterocycles. The van der Waals surface area contributed by atoms with E-state index in [1.54, 1.807) is 0 Å². The third kappa shape index (κ3) is 5.32. The van der Waals surface area contributed by atoms with Crippen molar-refractivity contribution in [2.24, 2.45) is 0 Å². The van der Waals surface area contributed by atoms with Crippen LogP contribution in [0, 0.1) is 0 Å². The lowest BCUT2D eigenvalue weighted by Gasteiger charge is -2.34. The summed E-state index contributed by atoms with van der Waals surface area (Å²) in [5, 5.41) is 4.68. The molecular weight excluding hydrogens is 329 g/mol. The van der Waals surface area contributed by atoms with Gasteiger partial charge in [0, 0.05) is 18.0 Å². The second kappa shape index (κ2) is 10.1. The fraction of sp³-hybridized carbons (Fsp3) is 0.500. The number of pyridine rings is 1. The third-order valence-electron chi connectivity index (χ3n) is 4.36. The Morgan fingerprint density at radius 1 is 1.09 bits per heavy atom. The van der Waals surface area contributed by atoms with Crippen molar-refractivity contribution in [3.8, 4) is 0 Å². The summed E-state index contributed by atoms with van der Waals surface area (Å²) in [4.78, 5) is 7.46. The molecule has 1 aliphatic heterocycles. The van der Waals surface area contributed by atoms with Crippen LogP contribution < -0.4 is 5.32 Å². The van der Waals surface area contributed by atoms with E-state index in [0.29, 0.717) is 6.04 Å². The van der Waals surface area contributed by atoms with Crippen LogP contribution in [0.1, 0.15) is 31.9 Å². The quantitative estimate of drug-likeness (QED) is 0.876. The smallest absolute Gasteiger partial charge is 0.0705 e. The Morgan fingerprint density at radius 3 is 2.57 bits per heavy atom. The molecule has 1 N–H and O–H groups in total. The molecule has 5 heteroatoms. The average molecular weight is 356 g/mol. The molecule has 3 nitrogen and oxygen atoms in total. The fourth-order valence-corrected chi connectivity index (χ4v) is 3.25. The molecule has 1 aromatic heterocycles. The van der Waals surface area contributed by atoms with Crippen molar-refractivity contribution in [2.45, 2.75) is 38.8 Å². The summed E-state index contributed by atoms with van der Waals surface area (Å²) in [5.41, 5.74) is 2.30. The Kier molecular flexibility index (Phi) is 8.85. The van der Waals surface area contributed by atoms with E-state index >= 15 is 0 Å². The van der Waals surface area contributed by atoms with E-state index in [9.17, 15) is 0 Å². The zero-order valence-electron chi connectivity index (χ0n) is 13.7. The number of benzene rings is 1. The number of nitrogens with one attached hydrogen (secondary N) is 1. The standard InChI is InChI=1S/C18H25N3.2ClH/c1-2-13-21(17-9-11-19-12-10-17)14-16-8-7-15-5-3-4-6-18(15)20-16;;/h3-8,17,19H,2,9-14H2,1H3;2*1H. The molecule has 0 aliphatic carbocycles. The van der Waals surface area contributed by atoms with Gasteiger partial charge in [0.25, 0.3) is 0 Å². The number of para-hydroxylation sites is 1. The minimum atomic E-state index is 0. The van der Waals surface area contributed by atoms with Crippen LogP contribution in [0.5, 0.6) is 0 Å². The molecule has 1 aromatic carbocycles. The van der Waals surface area contributed by atoms with Crippen LogP contribution >= 0.6 is 24.8 Å². The molecule has 0 spiro atoms. The molecule has 3 rings (SSSR count). The van der Waals surface area contributed by atoms with Crippen molar-refractivity contribution in [3.05, 3.63) is 42.1 Å². The topological polar surface area (TPSA) is 28.2 Å². The van der Waals surface area contributed by atoms with Crippen molar-refractivity contribution < 1.29 is 0 Å². The Hall–Kier alpha value is -0.870. The number of hydrogen-bond acceptors (Lipinski definition) is 3. The van der Waals surface area contributed by atoms with Gasteiger partial charge in [0.05, 0.1) is 11.2 Å². The zero-order chi connectivity index (χ0) is 14.5. The number of halogens is 2. The molecular formula is C18H27Cl2N3. The molecule has 1 fully saturated rings. The van der Waals surface area contributed by atoms with E-state index in [-0.39, 0.29) is 24.8 Å². The Labute approximate surface area is 151 Å². The zero-order valence-corrected chi connectivity index (χ0v) is 15.3.